The molecule has 0 aliphatic rings. The van der Waals surface area contributed by atoms with E-state index in [1.54, 1.807) is 13.8 Å². The lowest BCUT2D eigenvalue weighted by Gasteiger charge is -2.50. The van der Waals surface area contributed by atoms with E-state index in [1.807, 2.05) is 0 Å². The van der Waals surface area contributed by atoms with Gasteiger partial charge in [-0.2, -0.15) is 0 Å². The van der Waals surface area contributed by atoms with Crippen LogP contribution in [0.1, 0.15) is 33.1 Å². The first-order valence-corrected chi connectivity index (χ1v) is 33.7. The zero-order chi connectivity index (χ0) is 39.8. The molecule has 0 aliphatic carbocycles. The summed E-state index contributed by atoms with van der Waals surface area (Å²) >= 11 is 0. The smallest absolute Gasteiger partial charge is 0.333 e. The summed E-state index contributed by atoms with van der Waals surface area (Å²) in [6.45, 7) is 36.6. The van der Waals surface area contributed by atoms with E-state index in [2.05, 4.69) is 91.7 Å². The van der Waals surface area contributed by atoms with E-state index in [4.69, 9.17) is 36.7 Å². The van der Waals surface area contributed by atoms with Crippen molar-refractivity contribution in [1.29, 1.82) is 0 Å². The van der Waals surface area contributed by atoms with Crippen molar-refractivity contribution < 1.29 is 56.5 Å². The Morgan fingerprint density at radius 3 is 1.33 bits per heavy atom. The highest BCUT2D eigenvalue weighted by atomic mass is 28.4. The van der Waals surface area contributed by atoms with Gasteiger partial charge in [0.15, 0.2) is 42.1 Å². The van der Waals surface area contributed by atoms with Gasteiger partial charge in [-0.1, -0.05) is 13.2 Å². The molecule has 0 aromatic heterocycles. The monoisotopic (exact) mass is 812 g/mol. The zero-order valence-corrected chi connectivity index (χ0v) is 39.4. The summed E-state index contributed by atoms with van der Waals surface area (Å²) in [4.78, 5) is 23.4. The van der Waals surface area contributed by atoms with Gasteiger partial charge in [-0.25, -0.2) is 9.59 Å². The van der Waals surface area contributed by atoms with Crippen LogP contribution in [0.15, 0.2) is 24.3 Å². The van der Waals surface area contributed by atoms with E-state index in [0.29, 0.717) is 32.5 Å². The fourth-order valence-electron chi connectivity index (χ4n) is 4.90. The molecule has 0 rings (SSSR count). The highest BCUT2D eigenvalue weighted by molar-refractivity contribution is 6.76. The van der Waals surface area contributed by atoms with E-state index in [-0.39, 0.29) is 37.6 Å². The lowest BCUT2D eigenvalue weighted by molar-refractivity contribution is -0.143. The van der Waals surface area contributed by atoms with Gasteiger partial charge in [0.25, 0.3) is 0 Å². The van der Waals surface area contributed by atoms with Crippen molar-refractivity contribution >= 4 is 54.0 Å². The van der Waals surface area contributed by atoms with Gasteiger partial charge in [-0.15, -0.1) is 0 Å². The van der Waals surface area contributed by atoms with Crippen LogP contribution in [0.25, 0.3) is 0 Å². The van der Waals surface area contributed by atoms with Crippen molar-refractivity contribution in [3.05, 3.63) is 24.3 Å². The fourth-order valence-corrected chi connectivity index (χ4v) is 18.3. The molecule has 3 atom stereocenters. The molecule has 17 heteroatoms. The maximum Gasteiger partial charge on any atom is 0.333 e. The third-order valence-corrected chi connectivity index (χ3v) is 15.0. The Hall–Kier alpha value is -0.816. The molecule has 0 fully saturated rings. The molecule has 0 aromatic carbocycles. The van der Waals surface area contributed by atoms with Crippen molar-refractivity contribution in [3.8, 4) is 0 Å². The number of esters is 2. The third kappa shape index (κ3) is 25.0. The number of aliphatic hydroxyl groups is 2. The molecule has 0 amide bonds. The Balaban J connectivity index is 6.38. The fraction of sp³-hybridized carbons (Fsp3) is 0.824. The Bertz CT molecular complexity index is 1050. The average molecular weight is 813 g/mol. The first-order chi connectivity index (χ1) is 23.1. The molecule has 12 nitrogen and oxygen atoms in total. The number of carbonyl (C=O) groups excluding carboxylic acids is 2. The van der Waals surface area contributed by atoms with E-state index >= 15 is 0 Å². The Morgan fingerprint density at radius 1 is 0.627 bits per heavy atom. The van der Waals surface area contributed by atoms with Crippen molar-refractivity contribution in [2.45, 2.75) is 141 Å². The van der Waals surface area contributed by atoms with Crippen LogP contribution < -0.4 is 0 Å². The van der Waals surface area contributed by atoms with Crippen LogP contribution in [0.3, 0.4) is 0 Å². The lowest BCUT2D eigenvalue weighted by Crippen LogP contribution is -2.65. The first-order valence-electron chi connectivity index (χ1n) is 18.0. The third-order valence-electron chi connectivity index (χ3n) is 6.54. The summed E-state index contributed by atoms with van der Waals surface area (Å²) in [5.74, 6) is -1.57. The molecule has 0 bridgehead atoms. The summed E-state index contributed by atoms with van der Waals surface area (Å²) in [5.41, 5.74) is -0.401. The SMILES string of the molecule is C=C(C)C(=O)OCC(O)COCCC[SiH](C(O[Si](C)(C)C)O[Si](C)(C)C)C(CCCOCC(O)COC(=O)C(=C)C)(O[Si](C)(C)C)O[Si](C)(C)C. The average Bonchev–Trinajstić information content (AvgIpc) is 2.92. The van der Waals surface area contributed by atoms with Crippen LogP contribution in [0.4, 0.5) is 0 Å². The van der Waals surface area contributed by atoms with E-state index in [0.717, 1.165) is 6.04 Å². The molecular weight excluding hydrogens is 741 g/mol. The molecule has 0 radical (unpaired) electrons. The van der Waals surface area contributed by atoms with Gasteiger partial charge >= 0.3 is 11.9 Å². The summed E-state index contributed by atoms with van der Waals surface area (Å²) in [5, 5.41) is 20.7. The Kier molecular flexibility index (Phi) is 22.2. The molecule has 0 spiro atoms. The molecule has 0 saturated heterocycles. The summed E-state index contributed by atoms with van der Waals surface area (Å²) in [7, 11) is -11.1. The van der Waals surface area contributed by atoms with Crippen molar-refractivity contribution in [3.63, 3.8) is 0 Å². The number of hydrogen-bond acceptors (Lipinski definition) is 12. The lowest BCUT2D eigenvalue weighted by atomic mass is 10.3. The molecule has 0 aliphatic heterocycles. The number of ether oxygens (including phenoxy) is 4. The standard InChI is InChI=1S/C34H72O12Si5/c1-27(2)31(37)41-25-29(35)23-39-20-17-19-34(45-50(11,12)13,46-51(14,15)16)47(33(43-48(5,6)7)44-49(8,9)10)22-18-21-40-24-30(36)26-42-32(38)28(3)4/h29-30,33,35-36,47H,1,3,17-26H2,2,4-16H3. The molecule has 0 aromatic rings. The van der Waals surface area contributed by atoms with Crippen LogP contribution in [-0.4, -0.2) is 127 Å². The summed E-state index contributed by atoms with van der Waals surface area (Å²) in [6.07, 6.45) is -0.121. The van der Waals surface area contributed by atoms with E-state index in [9.17, 15) is 19.8 Å². The molecule has 300 valence electrons. The summed E-state index contributed by atoms with van der Waals surface area (Å²) in [6, 6.07) is 0.725. The predicted octanol–water partition coefficient (Wildman–Crippen LogP) is 5.88. The molecule has 0 heterocycles. The van der Waals surface area contributed by atoms with Crippen LogP contribution in [0.5, 0.6) is 0 Å². The normalized spacial score (nSPS) is 15.0. The van der Waals surface area contributed by atoms with Gasteiger partial charge < -0.3 is 46.9 Å². The topological polar surface area (TPSA) is 148 Å². The van der Waals surface area contributed by atoms with Crippen molar-refractivity contribution in [2.24, 2.45) is 0 Å². The van der Waals surface area contributed by atoms with Crippen LogP contribution >= 0.6 is 0 Å². The molecule has 0 saturated carbocycles. The minimum Gasteiger partial charge on any atom is -0.460 e. The molecule has 3 unspecified atom stereocenters. The summed E-state index contributed by atoms with van der Waals surface area (Å²) < 4.78 is 50.2. The molecule has 51 heavy (non-hydrogen) atoms. The van der Waals surface area contributed by atoms with Gasteiger partial charge in [-0.3, -0.25) is 0 Å². The second-order valence-corrected chi connectivity index (χ2v) is 38.1. The molecule has 2 N–H and O–H groups in total. The van der Waals surface area contributed by atoms with Gasteiger partial charge in [0, 0.05) is 24.4 Å². The zero-order valence-electron chi connectivity index (χ0n) is 34.3. The predicted molar refractivity (Wildman–Crippen MR) is 215 cm³/mol. The maximum atomic E-state index is 11.7. The van der Waals surface area contributed by atoms with Gasteiger partial charge in [0.2, 0.25) is 0 Å². The second kappa shape index (κ2) is 22.5. The first kappa shape index (κ1) is 50.2. The Labute approximate surface area is 314 Å². The molecular formula is C34H72O12Si5. The van der Waals surface area contributed by atoms with E-state index < -0.39 is 77.5 Å². The minimum atomic E-state index is -2.35. The Morgan fingerprint density at radius 2 is 1.00 bits per heavy atom. The second-order valence-electron chi connectivity index (χ2n) is 17.1. The van der Waals surface area contributed by atoms with Crippen LogP contribution in [0.2, 0.25) is 84.6 Å². The number of aliphatic hydroxyl groups excluding tert-OH is 2. The minimum absolute atomic E-state index is 0.0107. The quantitative estimate of drug-likeness (QED) is 0.0320. The number of hydrogen-bond donors (Lipinski definition) is 2. The van der Waals surface area contributed by atoms with Gasteiger partial charge in [-0.05, 0) is 118 Å². The number of rotatable bonds is 28. The number of carbonyl (C=O) groups is 2. The van der Waals surface area contributed by atoms with Gasteiger partial charge in [0.05, 0.1) is 13.2 Å². The highest BCUT2D eigenvalue weighted by Crippen LogP contribution is 2.37. The largest absolute Gasteiger partial charge is 0.460 e. The van der Waals surface area contributed by atoms with Crippen molar-refractivity contribution in [2.75, 3.05) is 39.6 Å². The van der Waals surface area contributed by atoms with Gasteiger partial charge in [0.1, 0.15) is 36.7 Å². The highest BCUT2D eigenvalue weighted by Gasteiger charge is 2.52. The van der Waals surface area contributed by atoms with E-state index in [1.165, 1.54) is 0 Å². The van der Waals surface area contributed by atoms with Crippen LogP contribution in [0, 0.1) is 0 Å². The van der Waals surface area contributed by atoms with Crippen LogP contribution in [-0.2, 0) is 46.2 Å². The maximum absolute atomic E-state index is 11.7. The van der Waals surface area contributed by atoms with Crippen molar-refractivity contribution in [1.82, 2.24) is 0 Å².